The zero-order valence-corrected chi connectivity index (χ0v) is 16.4. The highest BCUT2D eigenvalue weighted by atomic mass is 35.5. The summed E-state index contributed by atoms with van der Waals surface area (Å²) in [6.45, 7) is 1.64. The van der Waals surface area contributed by atoms with Crippen molar-refractivity contribution in [1.82, 2.24) is 19.6 Å². The monoisotopic (exact) mass is 439 g/mol. The van der Waals surface area contributed by atoms with Crippen LogP contribution in [0, 0.1) is 0 Å². The number of rotatable bonds is 4. The molecule has 2 N–H and O–H groups in total. The zero-order valence-electron chi connectivity index (χ0n) is 14.8. The van der Waals surface area contributed by atoms with Crippen LogP contribution in [0.1, 0.15) is 12.5 Å². The predicted octanol–water partition coefficient (Wildman–Crippen LogP) is 5.00. The summed E-state index contributed by atoms with van der Waals surface area (Å²) in [6, 6.07) is 10.7. The number of H-pyrrole nitrogens is 1. The van der Waals surface area contributed by atoms with Crippen LogP contribution >= 0.6 is 23.4 Å². The largest absolute Gasteiger partial charge is 0.417 e. The van der Waals surface area contributed by atoms with Gasteiger partial charge in [0.25, 0.3) is 0 Å². The first kappa shape index (κ1) is 19.6. The molecule has 4 rings (SSSR count). The Bertz CT molecular complexity index is 1220. The van der Waals surface area contributed by atoms with E-state index in [0.29, 0.717) is 10.9 Å². The van der Waals surface area contributed by atoms with Crippen molar-refractivity contribution in [3.63, 3.8) is 0 Å². The van der Waals surface area contributed by atoms with Crippen LogP contribution in [0.5, 0.6) is 0 Å². The molecule has 1 unspecified atom stereocenters. The molecule has 1 amide bonds. The maximum atomic E-state index is 13.0. The van der Waals surface area contributed by atoms with Crippen LogP contribution in [0.15, 0.2) is 47.6 Å². The Balaban J connectivity index is 1.54. The molecule has 0 aliphatic heterocycles. The summed E-state index contributed by atoms with van der Waals surface area (Å²) in [5, 5.41) is 8.95. The molecule has 0 fully saturated rings. The number of hydrogen-bond acceptors (Lipinski definition) is 4. The first-order chi connectivity index (χ1) is 13.7. The highest BCUT2D eigenvalue weighted by Gasteiger charge is 2.33. The number of hydrogen-bond donors (Lipinski definition) is 2. The van der Waals surface area contributed by atoms with Crippen molar-refractivity contribution >= 4 is 51.8 Å². The van der Waals surface area contributed by atoms with Crippen molar-refractivity contribution in [1.29, 1.82) is 0 Å². The van der Waals surface area contributed by atoms with E-state index in [-0.39, 0.29) is 5.69 Å². The molecule has 2 heterocycles. The fourth-order valence-corrected chi connectivity index (χ4v) is 3.89. The predicted molar refractivity (Wildman–Crippen MR) is 105 cm³/mol. The van der Waals surface area contributed by atoms with Crippen molar-refractivity contribution < 1.29 is 18.0 Å². The smallest absolute Gasteiger partial charge is 0.325 e. The molecule has 2 aromatic carbocycles. The van der Waals surface area contributed by atoms with Crippen LogP contribution in [-0.2, 0) is 11.0 Å². The number of aromatic amines is 1. The highest BCUT2D eigenvalue weighted by molar-refractivity contribution is 8.00. The van der Waals surface area contributed by atoms with Crippen molar-refractivity contribution in [2.75, 3.05) is 5.32 Å². The number of benzene rings is 2. The molecule has 4 aromatic rings. The van der Waals surface area contributed by atoms with E-state index in [1.54, 1.807) is 11.3 Å². The molecule has 0 spiro atoms. The van der Waals surface area contributed by atoms with Gasteiger partial charge in [-0.25, -0.2) is 10.1 Å². The first-order valence-electron chi connectivity index (χ1n) is 8.40. The molecule has 0 radical (unpaired) electrons. The molecular formula is C18H13ClF3N5OS. The third-order valence-corrected chi connectivity index (χ3v) is 5.58. The molecule has 0 aliphatic rings. The van der Waals surface area contributed by atoms with Gasteiger partial charge >= 0.3 is 6.18 Å². The van der Waals surface area contributed by atoms with Crippen LogP contribution < -0.4 is 5.32 Å². The lowest BCUT2D eigenvalue weighted by Crippen LogP contribution is -2.23. The standard InChI is InChI=1S/C18H13ClF3N5OS/c1-9(15(28)23-10-6-7-12(19)11(8-10)18(20,21)22)29-17-26-25-16-24-13-4-2-3-5-14(13)27(16)17/h2-9H,1H3,(H,23,28)(H,24,25). The Morgan fingerprint density at radius 1 is 1.28 bits per heavy atom. The van der Waals surface area contributed by atoms with Gasteiger partial charge in [0.15, 0.2) is 5.16 Å². The van der Waals surface area contributed by atoms with Crippen molar-refractivity contribution in [3.05, 3.63) is 53.1 Å². The number of imidazole rings is 1. The van der Waals surface area contributed by atoms with Crippen molar-refractivity contribution in [3.8, 4) is 0 Å². The normalized spacial score (nSPS) is 13.1. The average Bonchev–Trinajstić information content (AvgIpc) is 3.22. The number of aromatic nitrogens is 4. The number of nitrogens with one attached hydrogen (secondary N) is 2. The molecule has 0 aliphatic carbocycles. The van der Waals surface area contributed by atoms with Crippen molar-refractivity contribution in [2.24, 2.45) is 0 Å². The summed E-state index contributed by atoms with van der Waals surface area (Å²) < 4.78 is 40.8. The Kier molecular flexibility index (Phi) is 4.91. The minimum atomic E-state index is -4.61. The van der Waals surface area contributed by atoms with E-state index in [4.69, 9.17) is 11.6 Å². The maximum absolute atomic E-state index is 13.0. The summed E-state index contributed by atoms with van der Waals surface area (Å²) >= 11 is 6.77. The number of nitrogens with zero attached hydrogens (tertiary/aromatic N) is 3. The summed E-state index contributed by atoms with van der Waals surface area (Å²) in [7, 11) is 0. The quantitative estimate of drug-likeness (QED) is 0.439. The van der Waals surface area contributed by atoms with E-state index in [1.807, 2.05) is 24.3 Å². The maximum Gasteiger partial charge on any atom is 0.417 e. The van der Waals surface area contributed by atoms with Gasteiger partial charge in [-0.2, -0.15) is 13.2 Å². The van der Waals surface area contributed by atoms with Gasteiger partial charge in [0.05, 0.1) is 26.9 Å². The third kappa shape index (κ3) is 3.77. The SMILES string of the molecule is CC(Sc1n[nH]c2nc3ccccc3n12)C(=O)Nc1ccc(Cl)c(C(F)(F)F)c1. The summed E-state index contributed by atoms with van der Waals surface area (Å²) in [5.41, 5.74) is 0.621. The number of amides is 1. The second-order valence-electron chi connectivity index (χ2n) is 6.21. The second-order valence-corrected chi connectivity index (χ2v) is 7.92. The fourth-order valence-electron chi connectivity index (χ4n) is 2.80. The lowest BCUT2D eigenvalue weighted by Gasteiger charge is -2.14. The van der Waals surface area contributed by atoms with Crippen LogP contribution in [0.25, 0.3) is 16.8 Å². The molecule has 0 bridgehead atoms. The molecule has 0 saturated carbocycles. The van der Waals surface area contributed by atoms with E-state index in [2.05, 4.69) is 20.5 Å². The lowest BCUT2D eigenvalue weighted by molar-refractivity contribution is -0.137. The van der Waals surface area contributed by atoms with Crippen LogP contribution in [0.4, 0.5) is 18.9 Å². The molecule has 150 valence electrons. The summed E-state index contributed by atoms with van der Waals surface area (Å²) in [4.78, 5) is 16.9. The van der Waals surface area contributed by atoms with Gasteiger partial charge in [-0.05, 0) is 37.3 Å². The fraction of sp³-hybridized carbons (Fsp3) is 0.167. The minimum Gasteiger partial charge on any atom is -0.325 e. The van der Waals surface area contributed by atoms with Crippen LogP contribution in [0.2, 0.25) is 5.02 Å². The number of alkyl halides is 3. The summed E-state index contributed by atoms with van der Waals surface area (Å²) in [5.74, 6) is 0.0693. The zero-order chi connectivity index (χ0) is 20.8. The molecular weight excluding hydrogens is 427 g/mol. The number of thioether (sulfide) groups is 1. The van der Waals surface area contributed by atoms with Gasteiger partial charge in [0.2, 0.25) is 11.7 Å². The number of carbonyl (C=O) groups excluding carboxylic acids is 1. The van der Waals surface area contributed by atoms with Crippen molar-refractivity contribution in [2.45, 2.75) is 23.5 Å². The lowest BCUT2D eigenvalue weighted by atomic mass is 10.2. The van der Waals surface area contributed by atoms with Crippen LogP contribution in [0.3, 0.4) is 0 Å². The Hall–Kier alpha value is -2.72. The number of fused-ring (bicyclic) bond motifs is 3. The van der Waals surface area contributed by atoms with E-state index in [0.717, 1.165) is 34.9 Å². The molecule has 1 atom stereocenters. The number of para-hydroxylation sites is 2. The second kappa shape index (κ2) is 7.27. The average molecular weight is 440 g/mol. The summed E-state index contributed by atoms with van der Waals surface area (Å²) in [6.07, 6.45) is -4.61. The molecule has 11 heteroatoms. The van der Waals surface area contributed by atoms with E-state index < -0.39 is 27.9 Å². The van der Waals surface area contributed by atoms with Gasteiger partial charge in [-0.3, -0.25) is 9.20 Å². The van der Waals surface area contributed by atoms with Gasteiger partial charge in [0.1, 0.15) is 0 Å². The Labute approximate surface area is 171 Å². The molecule has 2 aromatic heterocycles. The highest BCUT2D eigenvalue weighted by Crippen LogP contribution is 2.36. The van der Waals surface area contributed by atoms with Gasteiger partial charge < -0.3 is 5.32 Å². The first-order valence-corrected chi connectivity index (χ1v) is 9.65. The Morgan fingerprint density at radius 3 is 2.79 bits per heavy atom. The molecule has 6 nitrogen and oxygen atoms in total. The number of anilines is 1. The minimum absolute atomic E-state index is 0.0134. The van der Waals surface area contributed by atoms with E-state index >= 15 is 0 Å². The van der Waals surface area contributed by atoms with E-state index in [9.17, 15) is 18.0 Å². The van der Waals surface area contributed by atoms with Gasteiger partial charge in [-0.15, -0.1) is 5.10 Å². The number of carbonyl (C=O) groups is 1. The van der Waals surface area contributed by atoms with Gasteiger partial charge in [0, 0.05) is 5.69 Å². The molecule has 0 saturated heterocycles. The van der Waals surface area contributed by atoms with Crippen LogP contribution in [-0.4, -0.2) is 30.7 Å². The Morgan fingerprint density at radius 2 is 2.03 bits per heavy atom. The van der Waals surface area contributed by atoms with Gasteiger partial charge in [-0.1, -0.05) is 35.5 Å². The number of halogens is 4. The van der Waals surface area contributed by atoms with E-state index in [1.165, 1.54) is 6.07 Å². The molecule has 29 heavy (non-hydrogen) atoms. The topological polar surface area (TPSA) is 75.1 Å². The third-order valence-electron chi connectivity index (χ3n) is 4.19.